The molecule has 0 aliphatic carbocycles. The lowest BCUT2D eigenvalue weighted by atomic mass is 10.1. The number of nitro benzene ring substituents is 1. The number of carbonyl (C=O) groups is 2. The van der Waals surface area contributed by atoms with E-state index in [9.17, 15) is 32.9 Å². The maximum atomic E-state index is 12.8. The van der Waals surface area contributed by atoms with E-state index < -0.39 is 51.9 Å². The van der Waals surface area contributed by atoms with Crippen LogP contribution >= 0.6 is 0 Å². The number of amides is 1. The van der Waals surface area contributed by atoms with Crippen LogP contribution in [0.1, 0.15) is 21.5 Å². The van der Waals surface area contributed by atoms with Crippen LogP contribution in [0.5, 0.6) is 11.5 Å². The lowest BCUT2D eigenvalue weighted by Gasteiger charge is -2.12. The Labute approximate surface area is 160 Å². The second-order valence-electron chi connectivity index (χ2n) is 5.44. The first-order valence-corrected chi connectivity index (χ1v) is 7.60. The van der Waals surface area contributed by atoms with Crippen LogP contribution in [-0.4, -0.2) is 28.5 Å². The normalized spacial score (nSPS) is 10.7. The highest BCUT2D eigenvalue weighted by Crippen LogP contribution is 2.34. The van der Waals surface area contributed by atoms with Crippen LogP contribution in [0.15, 0.2) is 36.4 Å². The number of hydrogen-bond acceptors (Lipinski definition) is 6. The second kappa shape index (κ2) is 8.26. The van der Waals surface area contributed by atoms with Gasteiger partial charge in [0.2, 0.25) is 0 Å². The summed E-state index contributed by atoms with van der Waals surface area (Å²) in [6, 6.07) is 6.59. The van der Waals surface area contributed by atoms with Crippen LogP contribution in [0.4, 0.5) is 18.9 Å². The topological polar surface area (TPSA) is 143 Å². The first-order chi connectivity index (χ1) is 13.5. The van der Waals surface area contributed by atoms with Crippen molar-refractivity contribution in [3.63, 3.8) is 0 Å². The van der Waals surface area contributed by atoms with Crippen molar-refractivity contribution in [3.8, 4) is 17.6 Å². The summed E-state index contributed by atoms with van der Waals surface area (Å²) in [5.41, 5.74) is -2.69. The third kappa shape index (κ3) is 5.19. The number of carbonyl (C=O) groups excluding carboxylic acids is 1. The molecule has 0 atom stereocenters. The van der Waals surface area contributed by atoms with Crippen molar-refractivity contribution >= 4 is 17.6 Å². The number of aliphatic carboxylic acids is 1. The summed E-state index contributed by atoms with van der Waals surface area (Å²) in [5, 5.41) is 30.7. The lowest BCUT2D eigenvalue weighted by molar-refractivity contribution is -0.385. The molecule has 0 unspecified atom stereocenters. The molecule has 2 N–H and O–H groups in total. The van der Waals surface area contributed by atoms with E-state index in [-0.39, 0.29) is 11.5 Å². The highest BCUT2D eigenvalue weighted by atomic mass is 19.4. The first-order valence-electron chi connectivity index (χ1n) is 7.60. The Morgan fingerprint density at radius 1 is 1.24 bits per heavy atom. The van der Waals surface area contributed by atoms with Crippen LogP contribution in [0.25, 0.3) is 0 Å². The van der Waals surface area contributed by atoms with E-state index >= 15 is 0 Å². The molecular weight excluding hydrogens is 399 g/mol. The molecule has 0 fully saturated rings. The molecule has 150 valence electrons. The predicted octanol–water partition coefficient (Wildman–Crippen LogP) is 3.09. The van der Waals surface area contributed by atoms with Crippen molar-refractivity contribution < 1.29 is 37.5 Å². The zero-order valence-electron chi connectivity index (χ0n) is 14.2. The van der Waals surface area contributed by atoms with Crippen molar-refractivity contribution in [2.24, 2.45) is 0 Å². The molecule has 2 aromatic carbocycles. The van der Waals surface area contributed by atoms with Crippen LogP contribution < -0.4 is 10.1 Å². The number of nitriles is 1. The predicted molar refractivity (Wildman–Crippen MR) is 89.3 cm³/mol. The molecule has 0 aromatic heterocycles. The summed E-state index contributed by atoms with van der Waals surface area (Å²) in [5.74, 6) is -2.91. The zero-order valence-corrected chi connectivity index (χ0v) is 14.2. The number of nitro groups is 1. The van der Waals surface area contributed by atoms with E-state index in [1.165, 1.54) is 0 Å². The number of alkyl halides is 3. The van der Waals surface area contributed by atoms with E-state index in [4.69, 9.17) is 15.1 Å². The number of rotatable bonds is 6. The quantitative estimate of drug-likeness (QED) is 0.551. The van der Waals surface area contributed by atoms with Crippen LogP contribution in [0.2, 0.25) is 0 Å². The Morgan fingerprint density at radius 2 is 1.93 bits per heavy atom. The fourth-order valence-electron chi connectivity index (χ4n) is 2.18. The van der Waals surface area contributed by atoms with Crippen molar-refractivity contribution in [3.05, 3.63) is 63.2 Å². The van der Waals surface area contributed by atoms with E-state index in [0.29, 0.717) is 12.1 Å². The second-order valence-corrected chi connectivity index (χ2v) is 5.44. The Kier molecular flexibility index (Phi) is 6.03. The number of nitrogens with one attached hydrogen (secondary N) is 1. The van der Waals surface area contributed by atoms with Gasteiger partial charge in [-0.05, 0) is 24.3 Å². The molecule has 0 aliphatic heterocycles. The third-order valence-corrected chi connectivity index (χ3v) is 3.46. The van der Waals surface area contributed by atoms with Crippen molar-refractivity contribution in [2.45, 2.75) is 6.18 Å². The molecule has 0 radical (unpaired) electrons. The molecule has 0 saturated carbocycles. The summed E-state index contributed by atoms with van der Waals surface area (Å²) in [4.78, 5) is 32.8. The molecule has 9 nitrogen and oxygen atoms in total. The fraction of sp³-hybridized carbons (Fsp3) is 0.118. The SMILES string of the molecule is N#Cc1cc(C(F)(F)F)ccc1Oc1ccc([N+](=O)[O-])c(C(=O)NCC(=O)O)c1. The Bertz CT molecular complexity index is 1030. The lowest BCUT2D eigenvalue weighted by Crippen LogP contribution is -2.29. The maximum absolute atomic E-state index is 12.8. The van der Waals surface area contributed by atoms with Crippen LogP contribution in [-0.2, 0) is 11.0 Å². The minimum atomic E-state index is -4.67. The van der Waals surface area contributed by atoms with Crippen molar-refractivity contribution in [1.82, 2.24) is 5.32 Å². The van der Waals surface area contributed by atoms with Gasteiger partial charge in [-0.2, -0.15) is 18.4 Å². The number of benzene rings is 2. The van der Waals surface area contributed by atoms with E-state index in [2.05, 4.69) is 0 Å². The molecule has 0 heterocycles. The summed E-state index contributed by atoms with van der Waals surface area (Å²) in [7, 11) is 0. The number of halogens is 3. The van der Waals surface area contributed by atoms with Crippen molar-refractivity contribution in [2.75, 3.05) is 6.54 Å². The smallest absolute Gasteiger partial charge is 0.416 e. The molecule has 12 heteroatoms. The molecule has 2 rings (SSSR count). The molecule has 0 spiro atoms. The Morgan fingerprint density at radius 3 is 2.48 bits per heavy atom. The van der Waals surface area contributed by atoms with Gasteiger partial charge in [-0.1, -0.05) is 0 Å². The summed E-state index contributed by atoms with van der Waals surface area (Å²) in [6.07, 6.45) is -4.67. The average Bonchev–Trinajstić information content (AvgIpc) is 2.65. The van der Waals surface area contributed by atoms with Gasteiger partial charge in [-0.25, -0.2) is 0 Å². The van der Waals surface area contributed by atoms with Gasteiger partial charge >= 0.3 is 12.1 Å². The van der Waals surface area contributed by atoms with Gasteiger partial charge in [0.1, 0.15) is 29.7 Å². The number of carboxylic acid groups (broad SMARTS) is 1. The third-order valence-electron chi connectivity index (χ3n) is 3.46. The van der Waals surface area contributed by atoms with Gasteiger partial charge in [0.15, 0.2) is 0 Å². The molecule has 0 aliphatic rings. The minimum absolute atomic E-state index is 0.188. The number of hydrogen-bond donors (Lipinski definition) is 2. The van der Waals surface area contributed by atoms with Gasteiger partial charge in [-0.3, -0.25) is 19.7 Å². The van der Waals surface area contributed by atoms with Gasteiger partial charge in [-0.15, -0.1) is 0 Å². The Hall–Kier alpha value is -4.14. The average molecular weight is 409 g/mol. The zero-order chi connectivity index (χ0) is 21.8. The van der Waals surface area contributed by atoms with Crippen LogP contribution in [0, 0.1) is 21.4 Å². The van der Waals surface area contributed by atoms with E-state index in [1.54, 1.807) is 6.07 Å². The van der Waals surface area contributed by atoms with Gasteiger partial charge in [0.25, 0.3) is 11.6 Å². The summed E-state index contributed by atoms with van der Waals surface area (Å²) >= 11 is 0. The molecular formula is C17H10F3N3O6. The van der Waals surface area contributed by atoms with E-state index in [1.807, 2.05) is 5.32 Å². The van der Waals surface area contributed by atoms with Gasteiger partial charge < -0.3 is 15.2 Å². The first kappa shape index (κ1) is 21.2. The standard InChI is InChI=1S/C17H10F3N3O6/c18-17(19,20)10-1-4-14(9(5-10)7-21)29-11-2-3-13(23(27)28)12(6-11)16(26)22-8-15(24)25/h1-6H,8H2,(H,22,26)(H,24,25). The van der Waals surface area contributed by atoms with Crippen LogP contribution in [0.3, 0.4) is 0 Å². The number of carboxylic acids is 1. The Balaban J connectivity index is 2.40. The van der Waals surface area contributed by atoms with Gasteiger partial charge in [0.05, 0.1) is 16.1 Å². The molecule has 1 amide bonds. The molecule has 2 aromatic rings. The maximum Gasteiger partial charge on any atom is 0.416 e. The highest BCUT2D eigenvalue weighted by molar-refractivity contribution is 5.99. The fourth-order valence-corrected chi connectivity index (χ4v) is 2.18. The molecule has 29 heavy (non-hydrogen) atoms. The minimum Gasteiger partial charge on any atom is -0.480 e. The number of ether oxygens (including phenoxy) is 1. The van der Waals surface area contributed by atoms with Gasteiger partial charge in [0, 0.05) is 12.1 Å². The summed E-state index contributed by atoms with van der Waals surface area (Å²) < 4.78 is 43.6. The van der Waals surface area contributed by atoms with Crippen molar-refractivity contribution in [1.29, 1.82) is 5.26 Å². The molecule has 0 saturated heterocycles. The largest absolute Gasteiger partial charge is 0.480 e. The highest BCUT2D eigenvalue weighted by Gasteiger charge is 2.31. The van der Waals surface area contributed by atoms with E-state index in [0.717, 1.165) is 24.3 Å². The number of nitrogens with zero attached hydrogens (tertiary/aromatic N) is 2. The summed E-state index contributed by atoms with van der Waals surface area (Å²) in [6.45, 7) is -0.793. The monoisotopic (exact) mass is 409 g/mol. The molecule has 0 bridgehead atoms.